The molecule has 0 spiro atoms. The molecule has 1 amide bonds. The van der Waals surface area contributed by atoms with Gasteiger partial charge in [-0.15, -0.1) is 0 Å². The molecule has 1 aromatic rings. The van der Waals surface area contributed by atoms with E-state index in [9.17, 15) is 18.0 Å². The van der Waals surface area contributed by atoms with Crippen LogP contribution < -0.4 is 10.2 Å². The molecule has 3 rings (SSSR count). The Morgan fingerprint density at radius 1 is 1.30 bits per heavy atom. The molecule has 7 heteroatoms. The summed E-state index contributed by atoms with van der Waals surface area (Å²) in [5, 5.41) is 2.90. The predicted octanol–water partition coefficient (Wildman–Crippen LogP) is 1.82. The maximum atomic E-state index is 12.6. The van der Waals surface area contributed by atoms with Crippen LogP contribution in [0.3, 0.4) is 0 Å². The molecule has 20 heavy (non-hydrogen) atoms. The first-order valence-electron chi connectivity index (χ1n) is 6.53. The summed E-state index contributed by atoms with van der Waals surface area (Å²) in [4.78, 5) is 17.0. The number of carbonyl (C=O) groups is 1. The van der Waals surface area contributed by atoms with Gasteiger partial charge >= 0.3 is 6.18 Å². The molecule has 0 aromatic carbocycles. The summed E-state index contributed by atoms with van der Waals surface area (Å²) in [6.07, 6.45) is -2.39. The Balaban J connectivity index is 1.60. The molecule has 2 aliphatic rings. The van der Waals surface area contributed by atoms with E-state index in [4.69, 9.17) is 0 Å². The van der Waals surface area contributed by atoms with E-state index in [1.54, 1.807) is 4.90 Å². The van der Waals surface area contributed by atoms with E-state index in [2.05, 4.69) is 10.3 Å². The molecule has 1 saturated heterocycles. The zero-order valence-corrected chi connectivity index (χ0v) is 10.7. The standard InChI is InChI=1S/C13H14F3N3O/c14-13(15,16)10-2-1-3-11(18-10)19-6-8(7-19)12(20)17-9-4-5-9/h1-3,8-9H,4-7H2,(H,17,20). The van der Waals surface area contributed by atoms with Gasteiger partial charge in [-0.25, -0.2) is 4.98 Å². The Bertz CT molecular complexity index is 522. The molecule has 0 bridgehead atoms. The van der Waals surface area contributed by atoms with Gasteiger partial charge in [0.15, 0.2) is 0 Å². The first kappa shape index (κ1) is 13.2. The van der Waals surface area contributed by atoms with Crippen molar-refractivity contribution in [1.82, 2.24) is 10.3 Å². The lowest BCUT2D eigenvalue weighted by molar-refractivity contribution is -0.141. The fourth-order valence-corrected chi connectivity index (χ4v) is 2.14. The number of alkyl halides is 3. The van der Waals surface area contributed by atoms with Crippen molar-refractivity contribution in [3.63, 3.8) is 0 Å². The maximum absolute atomic E-state index is 12.6. The molecule has 4 nitrogen and oxygen atoms in total. The minimum atomic E-state index is -4.44. The number of rotatable bonds is 3. The molecular weight excluding hydrogens is 271 g/mol. The largest absolute Gasteiger partial charge is 0.433 e. The SMILES string of the molecule is O=C(NC1CC1)C1CN(c2cccc(C(F)(F)F)n2)C1. The van der Waals surface area contributed by atoms with Crippen molar-refractivity contribution in [3.05, 3.63) is 23.9 Å². The van der Waals surface area contributed by atoms with E-state index >= 15 is 0 Å². The zero-order chi connectivity index (χ0) is 14.3. The average molecular weight is 285 g/mol. The summed E-state index contributed by atoms with van der Waals surface area (Å²) in [6.45, 7) is 0.847. The number of nitrogens with one attached hydrogen (secondary N) is 1. The van der Waals surface area contributed by atoms with Gasteiger partial charge in [-0.2, -0.15) is 13.2 Å². The first-order chi connectivity index (χ1) is 9.43. The fourth-order valence-electron chi connectivity index (χ4n) is 2.14. The lowest BCUT2D eigenvalue weighted by atomic mass is 9.99. The molecule has 2 heterocycles. The van der Waals surface area contributed by atoms with Crippen molar-refractivity contribution in [2.45, 2.75) is 25.1 Å². The van der Waals surface area contributed by atoms with Crippen LogP contribution in [0.25, 0.3) is 0 Å². The summed E-state index contributed by atoms with van der Waals surface area (Å²) in [5.41, 5.74) is -0.902. The second kappa shape index (κ2) is 4.64. The van der Waals surface area contributed by atoms with Crippen LogP contribution in [0, 0.1) is 5.92 Å². The smallest absolute Gasteiger partial charge is 0.355 e. The fraction of sp³-hybridized carbons (Fsp3) is 0.538. The Hall–Kier alpha value is -1.79. The van der Waals surface area contributed by atoms with Crippen molar-refractivity contribution in [3.8, 4) is 0 Å². The van der Waals surface area contributed by atoms with E-state index in [0.29, 0.717) is 19.1 Å². The molecule has 108 valence electrons. The number of nitrogens with zero attached hydrogens (tertiary/aromatic N) is 2. The second-order valence-electron chi connectivity index (χ2n) is 5.26. The Kier molecular flexibility index (Phi) is 3.07. The van der Waals surface area contributed by atoms with Crippen LogP contribution in [0.2, 0.25) is 0 Å². The lowest BCUT2D eigenvalue weighted by Gasteiger charge is -2.39. The summed E-state index contributed by atoms with van der Waals surface area (Å²) in [5.74, 6) is 0.123. The normalized spacial score (nSPS) is 19.6. The second-order valence-corrected chi connectivity index (χ2v) is 5.26. The number of pyridine rings is 1. The molecule has 1 aliphatic heterocycles. The first-order valence-corrected chi connectivity index (χ1v) is 6.53. The number of aromatic nitrogens is 1. The van der Waals surface area contributed by atoms with Gasteiger partial charge in [0.05, 0.1) is 5.92 Å². The van der Waals surface area contributed by atoms with Gasteiger partial charge in [0.1, 0.15) is 11.5 Å². The highest BCUT2D eigenvalue weighted by Crippen LogP contribution is 2.31. The minimum absolute atomic E-state index is 0.00396. The van der Waals surface area contributed by atoms with Crippen molar-refractivity contribution in [2.75, 3.05) is 18.0 Å². The van der Waals surface area contributed by atoms with Crippen LogP contribution >= 0.6 is 0 Å². The van der Waals surface area contributed by atoms with Crippen LogP contribution in [0.1, 0.15) is 18.5 Å². The summed E-state index contributed by atoms with van der Waals surface area (Å²) < 4.78 is 37.7. The van der Waals surface area contributed by atoms with E-state index in [1.807, 2.05) is 0 Å². The van der Waals surface area contributed by atoms with E-state index in [0.717, 1.165) is 18.9 Å². The van der Waals surface area contributed by atoms with E-state index < -0.39 is 11.9 Å². The van der Waals surface area contributed by atoms with Crippen LogP contribution in [0.15, 0.2) is 18.2 Å². The minimum Gasteiger partial charge on any atom is -0.355 e. The topological polar surface area (TPSA) is 45.2 Å². The number of halogens is 3. The van der Waals surface area contributed by atoms with Crippen molar-refractivity contribution >= 4 is 11.7 Å². The highest BCUT2D eigenvalue weighted by molar-refractivity contribution is 5.82. The monoisotopic (exact) mass is 285 g/mol. The summed E-state index contributed by atoms with van der Waals surface area (Å²) in [6, 6.07) is 4.12. The summed E-state index contributed by atoms with van der Waals surface area (Å²) in [7, 11) is 0. The highest BCUT2D eigenvalue weighted by atomic mass is 19.4. The summed E-state index contributed by atoms with van der Waals surface area (Å²) >= 11 is 0. The third kappa shape index (κ3) is 2.71. The van der Waals surface area contributed by atoms with Gasteiger partial charge in [-0.3, -0.25) is 4.79 Å². The Labute approximate surface area is 114 Å². The maximum Gasteiger partial charge on any atom is 0.433 e. The zero-order valence-electron chi connectivity index (χ0n) is 10.7. The molecule has 0 radical (unpaired) electrons. The molecule has 1 saturated carbocycles. The number of anilines is 1. The lowest BCUT2D eigenvalue weighted by Crippen LogP contribution is -2.54. The Morgan fingerprint density at radius 3 is 2.60 bits per heavy atom. The number of amides is 1. The number of carbonyl (C=O) groups excluding carboxylic acids is 1. The Morgan fingerprint density at radius 2 is 2.00 bits per heavy atom. The van der Waals surface area contributed by atoms with Gasteiger partial charge in [-0.1, -0.05) is 6.07 Å². The van der Waals surface area contributed by atoms with Crippen LogP contribution in [0.4, 0.5) is 19.0 Å². The van der Waals surface area contributed by atoms with Crippen LogP contribution in [0.5, 0.6) is 0 Å². The molecular formula is C13H14F3N3O. The van der Waals surface area contributed by atoms with Crippen molar-refractivity contribution < 1.29 is 18.0 Å². The van der Waals surface area contributed by atoms with Gasteiger partial charge in [-0.05, 0) is 25.0 Å². The van der Waals surface area contributed by atoms with Crippen molar-refractivity contribution in [2.24, 2.45) is 5.92 Å². The third-order valence-electron chi connectivity index (χ3n) is 3.52. The van der Waals surface area contributed by atoms with E-state index in [1.165, 1.54) is 12.1 Å². The predicted molar refractivity (Wildman–Crippen MR) is 66.1 cm³/mol. The average Bonchev–Trinajstić information content (AvgIpc) is 3.10. The van der Waals surface area contributed by atoms with E-state index in [-0.39, 0.29) is 17.6 Å². The van der Waals surface area contributed by atoms with Gasteiger partial charge in [0.25, 0.3) is 0 Å². The molecule has 2 fully saturated rings. The highest BCUT2D eigenvalue weighted by Gasteiger charge is 2.37. The van der Waals surface area contributed by atoms with Crippen LogP contribution in [-0.2, 0) is 11.0 Å². The molecule has 1 N–H and O–H groups in total. The quantitative estimate of drug-likeness (QED) is 0.921. The number of hydrogen-bond donors (Lipinski definition) is 1. The molecule has 0 atom stereocenters. The third-order valence-corrected chi connectivity index (χ3v) is 3.52. The van der Waals surface area contributed by atoms with Gasteiger partial charge in [0.2, 0.25) is 5.91 Å². The molecule has 1 aliphatic carbocycles. The van der Waals surface area contributed by atoms with Crippen molar-refractivity contribution in [1.29, 1.82) is 0 Å². The van der Waals surface area contributed by atoms with Gasteiger partial charge < -0.3 is 10.2 Å². The number of hydrogen-bond acceptors (Lipinski definition) is 3. The molecule has 0 unspecified atom stereocenters. The van der Waals surface area contributed by atoms with Gasteiger partial charge in [0, 0.05) is 19.1 Å². The molecule has 1 aromatic heterocycles. The van der Waals surface area contributed by atoms with Crippen LogP contribution in [-0.4, -0.2) is 30.0 Å².